The summed E-state index contributed by atoms with van der Waals surface area (Å²) in [6.45, 7) is 1.79. The number of primary amides is 1. The van der Waals surface area contributed by atoms with E-state index in [9.17, 15) is 4.79 Å². The zero-order valence-corrected chi connectivity index (χ0v) is 14.1. The van der Waals surface area contributed by atoms with E-state index in [1.807, 2.05) is 24.3 Å². The van der Waals surface area contributed by atoms with Crippen LogP contribution in [-0.4, -0.2) is 28.0 Å². The summed E-state index contributed by atoms with van der Waals surface area (Å²) in [4.78, 5) is 12.3. The normalized spacial score (nSPS) is 15.1. The highest BCUT2D eigenvalue weighted by Crippen LogP contribution is 2.37. The van der Waals surface area contributed by atoms with Crippen molar-refractivity contribution in [3.63, 3.8) is 0 Å². The third-order valence-electron chi connectivity index (χ3n) is 4.25. The number of nitrogens with zero attached hydrogens (tertiary/aromatic N) is 3. The third-order valence-corrected chi connectivity index (χ3v) is 4.51. The molecular formula is C17H17ClN4O2. The lowest BCUT2D eigenvalue weighted by molar-refractivity contribution is -0.133. The standard InChI is InChI=1S/C17H17ClN4O2/c1-17(24-2,11-7-9-12(18)10-8-11)15(16(19)23)22-14-6-4-3-5-13(14)20-21-22/h3-10,15H,1-2H3,(H2,19,23). The number of ether oxygens (including phenoxy) is 1. The molecule has 3 aromatic rings. The second kappa shape index (κ2) is 6.22. The molecule has 3 rings (SSSR count). The van der Waals surface area contributed by atoms with Gasteiger partial charge in [0, 0.05) is 12.1 Å². The van der Waals surface area contributed by atoms with Crippen LogP contribution < -0.4 is 5.73 Å². The van der Waals surface area contributed by atoms with Gasteiger partial charge in [0.1, 0.15) is 11.1 Å². The van der Waals surface area contributed by atoms with Crippen molar-refractivity contribution < 1.29 is 9.53 Å². The lowest BCUT2D eigenvalue weighted by Crippen LogP contribution is -2.44. The van der Waals surface area contributed by atoms with Gasteiger partial charge in [-0.2, -0.15) is 0 Å². The molecule has 0 spiro atoms. The summed E-state index contributed by atoms with van der Waals surface area (Å²) in [5, 5.41) is 8.84. The Morgan fingerprint density at radius 3 is 2.54 bits per heavy atom. The van der Waals surface area contributed by atoms with Gasteiger partial charge in [0.05, 0.1) is 5.52 Å². The maximum Gasteiger partial charge on any atom is 0.245 e. The molecule has 0 aliphatic heterocycles. The van der Waals surface area contributed by atoms with E-state index >= 15 is 0 Å². The zero-order valence-electron chi connectivity index (χ0n) is 13.3. The molecule has 1 amide bonds. The van der Waals surface area contributed by atoms with Gasteiger partial charge in [0.15, 0.2) is 6.04 Å². The highest BCUT2D eigenvalue weighted by molar-refractivity contribution is 6.30. The van der Waals surface area contributed by atoms with Gasteiger partial charge in [-0.3, -0.25) is 4.79 Å². The quantitative estimate of drug-likeness (QED) is 0.771. The van der Waals surface area contributed by atoms with E-state index in [1.165, 1.54) is 11.8 Å². The van der Waals surface area contributed by atoms with E-state index in [4.69, 9.17) is 22.1 Å². The number of amides is 1. The largest absolute Gasteiger partial charge is 0.371 e. The highest BCUT2D eigenvalue weighted by Gasteiger charge is 2.43. The average molecular weight is 345 g/mol. The van der Waals surface area contributed by atoms with E-state index in [-0.39, 0.29) is 0 Å². The molecule has 1 heterocycles. The summed E-state index contributed by atoms with van der Waals surface area (Å²) < 4.78 is 7.24. The van der Waals surface area contributed by atoms with Gasteiger partial charge in [-0.1, -0.05) is 41.1 Å². The number of hydrogen-bond donors (Lipinski definition) is 1. The Labute approximate surface area is 144 Å². The molecule has 2 N–H and O–H groups in total. The first-order valence-corrected chi connectivity index (χ1v) is 7.75. The summed E-state index contributed by atoms with van der Waals surface area (Å²) in [7, 11) is 1.53. The van der Waals surface area contributed by atoms with Crippen molar-refractivity contribution in [2.24, 2.45) is 5.73 Å². The molecule has 2 aromatic carbocycles. The fourth-order valence-corrected chi connectivity index (χ4v) is 3.00. The monoisotopic (exact) mass is 344 g/mol. The average Bonchev–Trinajstić information content (AvgIpc) is 2.99. The molecule has 0 radical (unpaired) electrons. The van der Waals surface area contributed by atoms with Crippen LogP contribution in [0.2, 0.25) is 5.02 Å². The molecule has 0 saturated heterocycles. The van der Waals surface area contributed by atoms with Gasteiger partial charge in [0.25, 0.3) is 0 Å². The Morgan fingerprint density at radius 1 is 1.25 bits per heavy atom. The summed E-state index contributed by atoms with van der Waals surface area (Å²) in [6.07, 6.45) is 0. The van der Waals surface area contributed by atoms with Crippen molar-refractivity contribution in [1.82, 2.24) is 15.0 Å². The summed E-state index contributed by atoms with van der Waals surface area (Å²) in [6, 6.07) is 13.6. The Hall–Kier alpha value is -2.44. The molecule has 24 heavy (non-hydrogen) atoms. The van der Waals surface area contributed by atoms with E-state index in [1.54, 1.807) is 31.2 Å². The summed E-state index contributed by atoms with van der Waals surface area (Å²) in [5.74, 6) is -0.565. The fraction of sp³-hybridized carbons (Fsp3) is 0.235. The Morgan fingerprint density at radius 2 is 1.92 bits per heavy atom. The molecule has 2 unspecified atom stereocenters. The van der Waals surface area contributed by atoms with Gasteiger partial charge in [-0.15, -0.1) is 5.10 Å². The first-order valence-electron chi connectivity index (χ1n) is 7.38. The zero-order chi connectivity index (χ0) is 17.3. The van der Waals surface area contributed by atoms with Gasteiger partial charge in [-0.05, 0) is 36.8 Å². The van der Waals surface area contributed by atoms with Crippen molar-refractivity contribution in [2.75, 3.05) is 7.11 Å². The number of nitrogens with two attached hydrogens (primary N) is 1. The summed E-state index contributed by atoms with van der Waals surface area (Å²) in [5.41, 5.74) is 6.83. The predicted octanol–water partition coefficient (Wildman–Crippen LogP) is 2.67. The second-order valence-electron chi connectivity index (χ2n) is 5.65. The molecule has 0 aliphatic rings. The SMILES string of the molecule is COC(C)(c1ccc(Cl)cc1)C(C(N)=O)n1nnc2ccccc21. The van der Waals surface area contributed by atoms with E-state index in [0.717, 1.165) is 5.56 Å². The van der Waals surface area contributed by atoms with Crippen molar-refractivity contribution in [3.05, 3.63) is 59.1 Å². The maximum absolute atomic E-state index is 12.3. The van der Waals surface area contributed by atoms with Crippen LogP contribution >= 0.6 is 11.6 Å². The number of fused-ring (bicyclic) bond motifs is 1. The lowest BCUT2D eigenvalue weighted by atomic mass is 9.87. The van der Waals surface area contributed by atoms with Crippen LogP contribution in [0.25, 0.3) is 11.0 Å². The van der Waals surface area contributed by atoms with Gasteiger partial charge >= 0.3 is 0 Å². The fourth-order valence-electron chi connectivity index (χ4n) is 2.87. The number of rotatable bonds is 5. The van der Waals surface area contributed by atoms with E-state index in [0.29, 0.717) is 16.1 Å². The minimum absolute atomic E-state index is 0.565. The molecular weight excluding hydrogens is 328 g/mol. The van der Waals surface area contributed by atoms with Gasteiger partial charge < -0.3 is 10.5 Å². The summed E-state index contributed by atoms with van der Waals surface area (Å²) >= 11 is 5.96. The predicted molar refractivity (Wildman–Crippen MR) is 91.6 cm³/mol. The van der Waals surface area contributed by atoms with Crippen molar-refractivity contribution in [1.29, 1.82) is 0 Å². The van der Waals surface area contributed by atoms with Crippen molar-refractivity contribution in [3.8, 4) is 0 Å². The second-order valence-corrected chi connectivity index (χ2v) is 6.08. The smallest absolute Gasteiger partial charge is 0.245 e. The first kappa shape index (κ1) is 16.4. The van der Waals surface area contributed by atoms with E-state index < -0.39 is 17.6 Å². The van der Waals surface area contributed by atoms with E-state index in [2.05, 4.69) is 10.3 Å². The number of carbonyl (C=O) groups excluding carboxylic acids is 1. The minimum Gasteiger partial charge on any atom is -0.371 e. The molecule has 124 valence electrons. The molecule has 7 heteroatoms. The van der Waals surface area contributed by atoms with Crippen LogP contribution in [0.5, 0.6) is 0 Å². The topological polar surface area (TPSA) is 83.0 Å². The Balaban J connectivity index is 2.19. The Bertz CT molecular complexity index is 878. The maximum atomic E-state index is 12.3. The number of carbonyl (C=O) groups is 1. The minimum atomic E-state index is -1.03. The molecule has 0 bridgehead atoms. The molecule has 6 nitrogen and oxygen atoms in total. The van der Waals surface area contributed by atoms with Crippen molar-refractivity contribution >= 4 is 28.5 Å². The van der Waals surface area contributed by atoms with Crippen LogP contribution in [0.3, 0.4) is 0 Å². The third kappa shape index (κ3) is 2.64. The lowest BCUT2D eigenvalue weighted by Gasteiger charge is -2.35. The molecule has 1 aromatic heterocycles. The molecule has 2 atom stereocenters. The van der Waals surface area contributed by atoms with Crippen LogP contribution in [0, 0.1) is 0 Å². The number of para-hydroxylation sites is 1. The Kier molecular flexibility index (Phi) is 4.26. The van der Waals surface area contributed by atoms with Gasteiger partial charge in [0.2, 0.25) is 5.91 Å². The van der Waals surface area contributed by atoms with Gasteiger partial charge in [-0.25, -0.2) is 4.68 Å². The van der Waals surface area contributed by atoms with Crippen LogP contribution in [-0.2, 0) is 15.1 Å². The van der Waals surface area contributed by atoms with Crippen molar-refractivity contribution in [2.45, 2.75) is 18.6 Å². The number of methoxy groups -OCH3 is 1. The number of benzene rings is 2. The first-order chi connectivity index (χ1) is 11.5. The number of halogens is 1. The van der Waals surface area contributed by atoms with Crippen LogP contribution in [0.15, 0.2) is 48.5 Å². The molecule has 0 fully saturated rings. The van der Waals surface area contributed by atoms with Crippen LogP contribution in [0.4, 0.5) is 0 Å². The highest BCUT2D eigenvalue weighted by atomic mass is 35.5. The number of aromatic nitrogens is 3. The molecule has 0 saturated carbocycles. The molecule has 0 aliphatic carbocycles. The number of hydrogen-bond acceptors (Lipinski definition) is 4. The van der Waals surface area contributed by atoms with Crippen LogP contribution in [0.1, 0.15) is 18.5 Å².